The van der Waals surface area contributed by atoms with Gasteiger partial charge in [-0.15, -0.1) is 0 Å². The summed E-state index contributed by atoms with van der Waals surface area (Å²) in [5, 5.41) is 9.39. The zero-order valence-electron chi connectivity index (χ0n) is 12.0. The molecule has 0 unspecified atom stereocenters. The van der Waals surface area contributed by atoms with Gasteiger partial charge in [0.05, 0.1) is 18.4 Å². The highest BCUT2D eigenvalue weighted by Crippen LogP contribution is 2.36. The summed E-state index contributed by atoms with van der Waals surface area (Å²) in [6, 6.07) is 0. The molecule has 1 saturated heterocycles. The van der Waals surface area contributed by atoms with E-state index in [0.717, 1.165) is 6.42 Å². The molecule has 19 heavy (non-hydrogen) atoms. The SMILES string of the molecule is CCCC1(C(=O)O)CCN(C(=O)CCOCC)CC1. The highest BCUT2D eigenvalue weighted by Gasteiger charge is 2.41. The van der Waals surface area contributed by atoms with Gasteiger partial charge in [-0.3, -0.25) is 9.59 Å². The minimum atomic E-state index is -0.712. The van der Waals surface area contributed by atoms with E-state index in [9.17, 15) is 14.7 Å². The standard InChI is InChI=1S/C14H25NO4/c1-3-6-14(13(17)18)7-9-15(10-8-14)12(16)5-11-19-4-2/h3-11H2,1-2H3,(H,17,18). The number of hydrogen-bond acceptors (Lipinski definition) is 3. The maximum absolute atomic E-state index is 11.9. The second-order valence-corrected chi connectivity index (χ2v) is 5.16. The van der Waals surface area contributed by atoms with Gasteiger partial charge in [-0.05, 0) is 26.2 Å². The molecular weight excluding hydrogens is 246 g/mol. The third-order valence-electron chi connectivity index (χ3n) is 3.92. The van der Waals surface area contributed by atoms with E-state index in [-0.39, 0.29) is 5.91 Å². The van der Waals surface area contributed by atoms with E-state index in [2.05, 4.69) is 0 Å². The van der Waals surface area contributed by atoms with Crippen LogP contribution >= 0.6 is 0 Å². The molecule has 0 aromatic rings. The van der Waals surface area contributed by atoms with Crippen LogP contribution in [0.25, 0.3) is 0 Å². The second kappa shape index (κ2) is 7.48. The van der Waals surface area contributed by atoms with Crippen molar-refractivity contribution in [2.45, 2.75) is 46.0 Å². The van der Waals surface area contributed by atoms with Crippen molar-refractivity contribution in [3.8, 4) is 0 Å². The molecule has 0 radical (unpaired) electrons. The van der Waals surface area contributed by atoms with Crippen molar-refractivity contribution in [2.75, 3.05) is 26.3 Å². The Kier molecular flexibility index (Phi) is 6.28. The van der Waals surface area contributed by atoms with Crippen LogP contribution in [0.5, 0.6) is 0 Å². The van der Waals surface area contributed by atoms with Crippen molar-refractivity contribution >= 4 is 11.9 Å². The van der Waals surface area contributed by atoms with Crippen molar-refractivity contribution in [1.29, 1.82) is 0 Å². The number of nitrogens with zero attached hydrogens (tertiary/aromatic N) is 1. The molecule has 0 aromatic heterocycles. The first kappa shape index (κ1) is 16.0. The third-order valence-corrected chi connectivity index (χ3v) is 3.92. The van der Waals surface area contributed by atoms with E-state index in [1.54, 1.807) is 4.90 Å². The monoisotopic (exact) mass is 271 g/mol. The Labute approximate surface area is 114 Å². The molecule has 5 heteroatoms. The van der Waals surface area contributed by atoms with Crippen molar-refractivity contribution in [2.24, 2.45) is 5.41 Å². The zero-order chi connectivity index (χ0) is 14.3. The maximum atomic E-state index is 11.9. The number of ether oxygens (including phenoxy) is 1. The van der Waals surface area contributed by atoms with E-state index >= 15 is 0 Å². The van der Waals surface area contributed by atoms with Crippen LogP contribution in [0.15, 0.2) is 0 Å². The molecule has 1 aliphatic rings. The lowest BCUT2D eigenvalue weighted by Crippen LogP contribution is -2.46. The lowest BCUT2D eigenvalue weighted by Gasteiger charge is -2.38. The topological polar surface area (TPSA) is 66.8 Å². The first-order chi connectivity index (χ1) is 9.05. The van der Waals surface area contributed by atoms with Crippen LogP contribution in [0.1, 0.15) is 46.0 Å². The van der Waals surface area contributed by atoms with E-state index in [1.807, 2.05) is 13.8 Å². The lowest BCUT2D eigenvalue weighted by molar-refractivity contribution is -0.155. The minimum absolute atomic E-state index is 0.0731. The number of carboxylic acids is 1. The fourth-order valence-electron chi connectivity index (χ4n) is 2.70. The first-order valence-corrected chi connectivity index (χ1v) is 7.14. The van der Waals surface area contributed by atoms with Crippen LogP contribution in [0, 0.1) is 5.41 Å². The fraction of sp³-hybridized carbons (Fsp3) is 0.857. The van der Waals surface area contributed by atoms with Gasteiger partial charge >= 0.3 is 5.97 Å². The molecule has 1 rings (SSSR count). The smallest absolute Gasteiger partial charge is 0.309 e. The summed E-state index contributed by atoms with van der Waals surface area (Å²) in [6.07, 6.45) is 3.09. The fourth-order valence-corrected chi connectivity index (χ4v) is 2.70. The minimum Gasteiger partial charge on any atom is -0.481 e. The molecule has 1 N–H and O–H groups in total. The third kappa shape index (κ3) is 4.20. The Morgan fingerprint density at radius 3 is 2.37 bits per heavy atom. The van der Waals surface area contributed by atoms with Crippen LogP contribution < -0.4 is 0 Å². The van der Waals surface area contributed by atoms with Gasteiger partial charge in [0.2, 0.25) is 5.91 Å². The molecule has 1 fully saturated rings. The van der Waals surface area contributed by atoms with Crippen molar-refractivity contribution in [3.05, 3.63) is 0 Å². The number of carbonyl (C=O) groups is 2. The largest absolute Gasteiger partial charge is 0.481 e. The Bertz CT molecular complexity index is 309. The number of carbonyl (C=O) groups excluding carboxylic acids is 1. The van der Waals surface area contributed by atoms with Gasteiger partial charge in [-0.2, -0.15) is 0 Å². The quantitative estimate of drug-likeness (QED) is 0.718. The molecule has 0 atom stereocenters. The Morgan fingerprint density at radius 1 is 1.26 bits per heavy atom. The van der Waals surface area contributed by atoms with Crippen LogP contribution in [-0.2, 0) is 14.3 Å². The van der Waals surface area contributed by atoms with E-state index in [0.29, 0.717) is 52.0 Å². The normalized spacial score (nSPS) is 18.3. The Morgan fingerprint density at radius 2 is 1.89 bits per heavy atom. The first-order valence-electron chi connectivity index (χ1n) is 7.14. The molecule has 0 bridgehead atoms. The van der Waals surface area contributed by atoms with Crippen molar-refractivity contribution in [1.82, 2.24) is 4.90 Å². The van der Waals surface area contributed by atoms with Crippen LogP contribution in [0.3, 0.4) is 0 Å². The number of aliphatic carboxylic acids is 1. The van der Waals surface area contributed by atoms with Gasteiger partial charge in [0.1, 0.15) is 0 Å². The summed E-state index contributed by atoms with van der Waals surface area (Å²) < 4.78 is 5.17. The van der Waals surface area contributed by atoms with Crippen molar-refractivity contribution < 1.29 is 19.4 Å². The van der Waals surface area contributed by atoms with Gasteiger partial charge < -0.3 is 14.7 Å². The number of hydrogen-bond donors (Lipinski definition) is 1. The molecule has 0 saturated carbocycles. The van der Waals surface area contributed by atoms with Gasteiger partial charge in [-0.1, -0.05) is 13.3 Å². The summed E-state index contributed by atoms with van der Waals surface area (Å²) in [7, 11) is 0. The van der Waals surface area contributed by atoms with E-state index in [1.165, 1.54) is 0 Å². The molecule has 1 aliphatic heterocycles. The highest BCUT2D eigenvalue weighted by molar-refractivity contribution is 5.78. The summed E-state index contributed by atoms with van der Waals surface area (Å²) in [6.45, 7) is 6.08. The van der Waals surface area contributed by atoms with Gasteiger partial charge in [0.25, 0.3) is 0 Å². The summed E-state index contributed by atoms with van der Waals surface area (Å²) in [4.78, 5) is 25.1. The number of likely N-dealkylation sites (tertiary alicyclic amines) is 1. The average molecular weight is 271 g/mol. The van der Waals surface area contributed by atoms with Gasteiger partial charge in [0, 0.05) is 19.7 Å². The molecule has 5 nitrogen and oxygen atoms in total. The highest BCUT2D eigenvalue weighted by atomic mass is 16.5. The number of piperidine rings is 1. The number of rotatable bonds is 7. The molecule has 0 aromatic carbocycles. The van der Waals surface area contributed by atoms with E-state index < -0.39 is 11.4 Å². The van der Waals surface area contributed by atoms with Crippen LogP contribution in [0.4, 0.5) is 0 Å². The average Bonchev–Trinajstić information content (AvgIpc) is 2.40. The number of amides is 1. The number of carboxylic acid groups (broad SMARTS) is 1. The molecular formula is C14H25NO4. The summed E-state index contributed by atoms with van der Waals surface area (Å²) >= 11 is 0. The summed E-state index contributed by atoms with van der Waals surface area (Å²) in [5.74, 6) is -0.639. The van der Waals surface area contributed by atoms with E-state index in [4.69, 9.17) is 4.74 Å². The van der Waals surface area contributed by atoms with Gasteiger partial charge in [0.15, 0.2) is 0 Å². The predicted octanol–water partition coefficient (Wildman–Crippen LogP) is 1.91. The summed E-state index contributed by atoms with van der Waals surface area (Å²) in [5.41, 5.74) is -0.620. The molecule has 0 spiro atoms. The molecule has 1 heterocycles. The predicted molar refractivity (Wildman–Crippen MR) is 71.9 cm³/mol. The molecule has 0 aliphatic carbocycles. The maximum Gasteiger partial charge on any atom is 0.309 e. The molecule has 1 amide bonds. The van der Waals surface area contributed by atoms with Crippen molar-refractivity contribution in [3.63, 3.8) is 0 Å². The second-order valence-electron chi connectivity index (χ2n) is 5.16. The lowest BCUT2D eigenvalue weighted by atomic mass is 9.75. The van der Waals surface area contributed by atoms with Gasteiger partial charge in [-0.25, -0.2) is 0 Å². The zero-order valence-corrected chi connectivity index (χ0v) is 12.0. The Balaban J connectivity index is 2.46. The van der Waals surface area contributed by atoms with Crippen LogP contribution in [-0.4, -0.2) is 48.2 Å². The molecule has 110 valence electrons. The Hall–Kier alpha value is -1.10. The van der Waals surface area contributed by atoms with Crippen LogP contribution in [0.2, 0.25) is 0 Å².